The molecule has 1 fully saturated rings. The number of piperazine rings is 1. The molecule has 1 unspecified atom stereocenters. The summed E-state index contributed by atoms with van der Waals surface area (Å²) in [6.07, 6.45) is -4.44. The molecule has 1 aromatic carbocycles. The van der Waals surface area contributed by atoms with Gasteiger partial charge in [0.2, 0.25) is 17.6 Å². The predicted molar refractivity (Wildman–Crippen MR) is 121 cm³/mol. The molecule has 3 aromatic rings. The van der Waals surface area contributed by atoms with Crippen molar-refractivity contribution < 1.29 is 22.5 Å². The Hall–Kier alpha value is -2.83. The van der Waals surface area contributed by atoms with Crippen LogP contribution in [0.15, 0.2) is 28.8 Å². The Morgan fingerprint density at radius 3 is 2.59 bits per heavy atom. The maximum absolute atomic E-state index is 13.0. The smallest absolute Gasteiger partial charge is 0.338 e. The van der Waals surface area contributed by atoms with Crippen LogP contribution in [0.5, 0.6) is 0 Å². The maximum Gasteiger partial charge on any atom is 0.416 e. The minimum absolute atomic E-state index is 0.0927. The number of hydrogen-bond donors (Lipinski definition) is 1. The monoisotopic (exact) mass is 494 g/mol. The van der Waals surface area contributed by atoms with Gasteiger partial charge in [-0.3, -0.25) is 14.6 Å². The number of rotatable bonds is 6. The van der Waals surface area contributed by atoms with E-state index in [9.17, 15) is 18.0 Å². The molecule has 182 valence electrons. The van der Waals surface area contributed by atoms with E-state index in [4.69, 9.17) is 4.52 Å². The third-order valence-electron chi connectivity index (χ3n) is 5.87. The van der Waals surface area contributed by atoms with Gasteiger partial charge in [0.25, 0.3) is 0 Å². The lowest BCUT2D eigenvalue weighted by atomic mass is 10.1. The zero-order valence-corrected chi connectivity index (χ0v) is 19.8. The van der Waals surface area contributed by atoms with Crippen LogP contribution in [0.25, 0.3) is 11.4 Å². The van der Waals surface area contributed by atoms with E-state index in [-0.39, 0.29) is 23.3 Å². The summed E-state index contributed by atoms with van der Waals surface area (Å²) in [5, 5.41) is 7.34. The van der Waals surface area contributed by atoms with E-state index < -0.39 is 11.7 Å². The highest BCUT2D eigenvalue weighted by molar-refractivity contribution is 7.15. The van der Waals surface area contributed by atoms with E-state index in [0.29, 0.717) is 43.7 Å². The van der Waals surface area contributed by atoms with E-state index in [1.165, 1.54) is 23.5 Å². The Bertz CT molecular complexity index is 1130. The molecule has 0 aliphatic carbocycles. The summed E-state index contributed by atoms with van der Waals surface area (Å²) >= 11 is 1.46. The maximum atomic E-state index is 13.0. The number of amides is 1. The summed E-state index contributed by atoms with van der Waals surface area (Å²) in [6.45, 7) is 8.88. The van der Waals surface area contributed by atoms with Crippen molar-refractivity contribution in [2.45, 2.75) is 39.5 Å². The number of alkyl halides is 3. The van der Waals surface area contributed by atoms with Crippen LogP contribution in [0.3, 0.4) is 0 Å². The van der Waals surface area contributed by atoms with Crippen molar-refractivity contribution in [1.82, 2.24) is 24.9 Å². The second kappa shape index (κ2) is 9.80. The lowest BCUT2D eigenvalue weighted by Crippen LogP contribution is -2.52. The minimum atomic E-state index is -4.44. The minimum Gasteiger partial charge on any atom is -0.338 e. The van der Waals surface area contributed by atoms with Crippen LogP contribution >= 0.6 is 11.3 Å². The van der Waals surface area contributed by atoms with Crippen LogP contribution in [0.1, 0.15) is 28.9 Å². The molecular formula is C22H25F3N6O2S. The fraction of sp³-hybridized carbons (Fsp3) is 0.455. The van der Waals surface area contributed by atoms with Gasteiger partial charge in [-0.25, -0.2) is 4.98 Å². The molecule has 12 heteroatoms. The number of thiazole rings is 1. The summed E-state index contributed by atoms with van der Waals surface area (Å²) in [5.74, 6) is 0.365. The summed E-state index contributed by atoms with van der Waals surface area (Å²) in [5.41, 5.74) is 0.407. The number of nitrogens with zero attached hydrogens (tertiary/aromatic N) is 5. The van der Waals surface area contributed by atoms with E-state index >= 15 is 0 Å². The highest BCUT2D eigenvalue weighted by Gasteiger charge is 2.31. The molecule has 1 aliphatic heterocycles. The molecule has 3 heterocycles. The first kappa shape index (κ1) is 24.3. The average molecular weight is 495 g/mol. The summed E-state index contributed by atoms with van der Waals surface area (Å²) < 4.78 is 44.1. The van der Waals surface area contributed by atoms with Crippen LogP contribution in [-0.2, 0) is 17.5 Å². The number of aromatic nitrogens is 3. The number of carbonyl (C=O) groups is 1. The number of hydrogen-bond acceptors (Lipinski definition) is 8. The first-order valence-electron chi connectivity index (χ1n) is 10.8. The van der Waals surface area contributed by atoms with Crippen LogP contribution in [-0.4, -0.2) is 63.1 Å². The van der Waals surface area contributed by atoms with Crippen LogP contribution in [0.4, 0.5) is 18.3 Å². The Morgan fingerprint density at radius 1 is 1.21 bits per heavy atom. The van der Waals surface area contributed by atoms with Gasteiger partial charge < -0.3 is 9.84 Å². The number of aryl methyl sites for hydroxylation is 2. The van der Waals surface area contributed by atoms with Gasteiger partial charge in [-0.05, 0) is 32.9 Å². The molecular weight excluding hydrogens is 469 g/mol. The molecule has 2 aromatic heterocycles. The van der Waals surface area contributed by atoms with E-state index in [1.54, 1.807) is 0 Å². The second-order valence-electron chi connectivity index (χ2n) is 8.23. The first-order valence-corrected chi connectivity index (χ1v) is 11.6. The molecule has 0 bridgehead atoms. The molecule has 8 nitrogen and oxygen atoms in total. The van der Waals surface area contributed by atoms with E-state index in [2.05, 4.69) is 30.2 Å². The van der Waals surface area contributed by atoms with Crippen molar-refractivity contribution in [3.8, 4) is 11.4 Å². The third kappa shape index (κ3) is 5.62. The number of benzene rings is 1. The number of anilines is 1. The molecule has 1 amide bonds. The predicted octanol–water partition coefficient (Wildman–Crippen LogP) is 3.97. The molecule has 1 N–H and O–H groups in total. The molecule has 0 radical (unpaired) electrons. The number of halogens is 3. The van der Waals surface area contributed by atoms with Crippen molar-refractivity contribution in [2.75, 3.05) is 31.5 Å². The van der Waals surface area contributed by atoms with Crippen molar-refractivity contribution in [3.63, 3.8) is 0 Å². The average Bonchev–Trinajstić information content (AvgIpc) is 3.39. The SMILES string of the molecule is Cc1nc(NC(=O)C(C)N2CCN(Cc3nc(-c4cccc(C(F)(F)F)c4)no3)CC2)sc1C. The van der Waals surface area contributed by atoms with Gasteiger partial charge >= 0.3 is 6.18 Å². The topological polar surface area (TPSA) is 87.4 Å². The molecule has 1 atom stereocenters. The summed E-state index contributed by atoms with van der Waals surface area (Å²) in [7, 11) is 0. The van der Waals surface area contributed by atoms with Gasteiger partial charge in [-0.15, -0.1) is 11.3 Å². The van der Waals surface area contributed by atoms with Crippen molar-refractivity contribution >= 4 is 22.4 Å². The fourth-order valence-corrected chi connectivity index (χ4v) is 4.49. The first-order chi connectivity index (χ1) is 16.1. The lowest BCUT2D eigenvalue weighted by molar-refractivity contribution is -0.137. The molecule has 1 saturated heterocycles. The Balaban J connectivity index is 1.30. The Morgan fingerprint density at radius 2 is 1.94 bits per heavy atom. The van der Waals surface area contributed by atoms with Crippen LogP contribution in [0.2, 0.25) is 0 Å². The van der Waals surface area contributed by atoms with Gasteiger partial charge in [0, 0.05) is 36.6 Å². The highest BCUT2D eigenvalue weighted by Crippen LogP contribution is 2.31. The molecule has 4 rings (SSSR count). The third-order valence-corrected chi connectivity index (χ3v) is 6.86. The van der Waals surface area contributed by atoms with Crippen LogP contribution in [0, 0.1) is 13.8 Å². The fourth-order valence-electron chi connectivity index (χ4n) is 3.67. The standard InChI is InChI=1S/C22H25F3N6O2S/c1-13-15(3)34-21(26-13)28-20(32)14(2)31-9-7-30(8-10-31)12-18-27-19(29-33-18)16-5-4-6-17(11-16)22(23,24)25/h4-6,11,14H,7-10,12H2,1-3H3,(H,26,28,32). The number of carbonyl (C=O) groups excluding carboxylic acids is 1. The zero-order valence-electron chi connectivity index (χ0n) is 19.0. The Kier molecular flexibility index (Phi) is 7.01. The van der Waals surface area contributed by atoms with E-state index in [0.717, 1.165) is 22.7 Å². The Labute approximate surface area is 198 Å². The quantitative estimate of drug-likeness (QED) is 0.555. The van der Waals surface area contributed by atoms with Gasteiger partial charge in [-0.2, -0.15) is 18.2 Å². The molecule has 1 aliphatic rings. The molecule has 34 heavy (non-hydrogen) atoms. The van der Waals surface area contributed by atoms with Gasteiger partial charge in [0.15, 0.2) is 5.13 Å². The second-order valence-corrected chi connectivity index (χ2v) is 9.43. The van der Waals surface area contributed by atoms with Gasteiger partial charge in [0.1, 0.15) is 0 Å². The highest BCUT2D eigenvalue weighted by atomic mass is 32.1. The largest absolute Gasteiger partial charge is 0.416 e. The van der Waals surface area contributed by atoms with Crippen LogP contribution < -0.4 is 5.32 Å². The normalized spacial score (nSPS) is 16.5. The van der Waals surface area contributed by atoms with Crippen molar-refractivity contribution in [3.05, 3.63) is 46.3 Å². The summed E-state index contributed by atoms with van der Waals surface area (Å²) in [4.78, 5) is 26.5. The van der Waals surface area contributed by atoms with Gasteiger partial charge in [0.05, 0.1) is 23.8 Å². The molecule has 0 saturated carbocycles. The van der Waals surface area contributed by atoms with Crippen molar-refractivity contribution in [2.24, 2.45) is 0 Å². The van der Waals surface area contributed by atoms with Gasteiger partial charge in [-0.1, -0.05) is 17.3 Å². The zero-order chi connectivity index (χ0) is 24.5. The number of nitrogens with one attached hydrogen (secondary N) is 1. The van der Waals surface area contributed by atoms with E-state index in [1.807, 2.05) is 20.8 Å². The molecule has 0 spiro atoms. The lowest BCUT2D eigenvalue weighted by Gasteiger charge is -2.36. The summed E-state index contributed by atoms with van der Waals surface area (Å²) in [6, 6.07) is 4.55. The van der Waals surface area contributed by atoms with Crippen molar-refractivity contribution in [1.29, 1.82) is 0 Å².